The van der Waals surface area contributed by atoms with Crippen molar-refractivity contribution in [1.82, 2.24) is 10.2 Å². The number of ether oxygens (including phenoxy) is 2. The van der Waals surface area contributed by atoms with E-state index in [-0.39, 0.29) is 24.4 Å². The van der Waals surface area contributed by atoms with E-state index in [1.807, 2.05) is 37.3 Å². The largest absolute Gasteiger partial charge is 0.485 e. The molecule has 0 aliphatic carbocycles. The van der Waals surface area contributed by atoms with Crippen LogP contribution in [0.15, 0.2) is 52.9 Å². The summed E-state index contributed by atoms with van der Waals surface area (Å²) in [7, 11) is 0. The lowest BCUT2D eigenvalue weighted by molar-refractivity contribution is 0.0716. The molecule has 7 heteroatoms. The molecule has 1 amide bonds. The monoisotopic (exact) mass is 337 g/mol. The Bertz CT molecular complexity index is 922. The van der Waals surface area contributed by atoms with Crippen molar-refractivity contribution in [3.63, 3.8) is 0 Å². The highest BCUT2D eigenvalue weighted by Gasteiger charge is 2.27. The summed E-state index contributed by atoms with van der Waals surface area (Å²) in [5.74, 6) is 1.22. The Morgan fingerprint density at radius 3 is 2.68 bits per heavy atom. The summed E-state index contributed by atoms with van der Waals surface area (Å²) in [6.07, 6.45) is -0.522. The maximum Gasteiger partial charge on any atom is 0.322 e. The highest BCUT2D eigenvalue weighted by Crippen LogP contribution is 2.35. The molecule has 1 N–H and O–H groups in total. The van der Waals surface area contributed by atoms with Crippen LogP contribution in [-0.4, -0.2) is 22.7 Å². The first-order valence-corrected chi connectivity index (χ1v) is 7.79. The molecule has 0 unspecified atom stereocenters. The van der Waals surface area contributed by atoms with Gasteiger partial charge >= 0.3 is 6.01 Å². The van der Waals surface area contributed by atoms with Crippen LogP contribution in [0.2, 0.25) is 0 Å². The third-order valence-corrected chi connectivity index (χ3v) is 3.83. The van der Waals surface area contributed by atoms with E-state index in [1.165, 1.54) is 0 Å². The topological polar surface area (TPSA) is 86.5 Å². The van der Waals surface area contributed by atoms with E-state index < -0.39 is 6.10 Å². The van der Waals surface area contributed by atoms with E-state index in [1.54, 1.807) is 18.2 Å². The van der Waals surface area contributed by atoms with Gasteiger partial charge in [-0.25, -0.2) is 0 Å². The van der Waals surface area contributed by atoms with E-state index in [0.29, 0.717) is 17.1 Å². The van der Waals surface area contributed by atoms with E-state index in [4.69, 9.17) is 13.9 Å². The summed E-state index contributed by atoms with van der Waals surface area (Å²) in [5, 5.41) is 10.4. The summed E-state index contributed by atoms with van der Waals surface area (Å²) >= 11 is 0. The van der Waals surface area contributed by atoms with E-state index in [2.05, 4.69) is 15.5 Å². The van der Waals surface area contributed by atoms with Crippen LogP contribution >= 0.6 is 0 Å². The highest BCUT2D eigenvalue weighted by molar-refractivity contribution is 6.04. The first-order valence-electron chi connectivity index (χ1n) is 7.79. The molecule has 1 aromatic heterocycles. The number of nitrogens with one attached hydrogen (secondary N) is 1. The predicted molar refractivity (Wildman–Crippen MR) is 88.7 cm³/mol. The molecule has 4 rings (SSSR count). The minimum atomic E-state index is -0.522. The minimum absolute atomic E-state index is 0.0192. The second kappa shape index (κ2) is 6.27. The fourth-order valence-corrected chi connectivity index (χ4v) is 2.55. The molecule has 7 nitrogen and oxygen atoms in total. The zero-order chi connectivity index (χ0) is 17.2. The number of carbonyl (C=O) groups is 1. The lowest BCUT2D eigenvalue weighted by atomic mass is 10.1. The van der Waals surface area contributed by atoms with Gasteiger partial charge in [0, 0.05) is 5.56 Å². The molecule has 0 fully saturated rings. The average Bonchev–Trinajstić information content (AvgIpc) is 3.10. The lowest BCUT2D eigenvalue weighted by Crippen LogP contribution is -2.21. The Hall–Kier alpha value is -3.35. The number of aryl methyl sites for hydroxylation is 1. The quantitative estimate of drug-likeness (QED) is 0.790. The molecular weight excluding hydrogens is 322 g/mol. The van der Waals surface area contributed by atoms with Crippen molar-refractivity contribution < 1.29 is 18.7 Å². The van der Waals surface area contributed by atoms with Crippen molar-refractivity contribution >= 4 is 11.9 Å². The van der Waals surface area contributed by atoms with Crippen LogP contribution < -0.4 is 14.8 Å². The number of amides is 1. The Kier molecular flexibility index (Phi) is 3.81. The maximum atomic E-state index is 12.3. The summed E-state index contributed by atoms with van der Waals surface area (Å²) in [5.41, 5.74) is 1.41. The van der Waals surface area contributed by atoms with Gasteiger partial charge in [-0.15, -0.1) is 5.10 Å². The Labute approximate surface area is 143 Å². The van der Waals surface area contributed by atoms with Crippen LogP contribution in [-0.2, 0) is 0 Å². The average molecular weight is 337 g/mol. The van der Waals surface area contributed by atoms with Crippen LogP contribution in [0.1, 0.15) is 27.9 Å². The number of aromatic nitrogens is 2. The molecule has 1 aliphatic heterocycles. The molecule has 25 heavy (non-hydrogen) atoms. The molecule has 126 valence electrons. The fourth-order valence-electron chi connectivity index (χ4n) is 2.55. The second-order valence-electron chi connectivity index (χ2n) is 5.58. The van der Waals surface area contributed by atoms with E-state index >= 15 is 0 Å². The van der Waals surface area contributed by atoms with Crippen LogP contribution in [0.5, 0.6) is 11.5 Å². The van der Waals surface area contributed by atoms with Gasteiger partial charge in [-0.3, -0.25) is 10.1 Å². The standard InChI is InChI=1S/C18H15N3O4/c1-11-6-2-3-7-12(11)16(22)19-18-21-20-17(25-18)15-10-23-13-8-4-5-9-14(13)24-15/h2-9,15H,10H2,1H3,(H,19,21,22)/t15-/m0/s1. The van der Waals surface area contributed by atoms with Crippen LogP contribution in [0, 0.1) is 6.92 Å². The zero-order valence-electron chi connectivity index (χ0n) is 13.4. The maximum absolute atomic E-state index is 12.3. The molecule has 2 aromatic carbocycles. The molecule has 0 saturated heterocycles. The van der Waals surface area contributed by atoms with Crippen molar-refractivity contribution in [3.05, 3.63) is 65.5 Å². The van der Waals surface area contributed by atoms with Gasteiger partial charge in [-0.05, 0) is 30.7 Å². The lowest BCUT2D eigenvalue weighted by Gasteiger charge is -2.23. The van der Waals surface area contributed by atoms with Crippen LogP contribution in [0.25, 0.3) is 0 Å². The van der Waals surface area contributed by atoms with Gasteiger partial charge < -0.3 is 13.9 Å². The van der Waals surface area contributed by atoms with Crippen molar-refractivity contribution in [3.8, 4) is 11.5 Å². The number of rotatable bonds is 3. The summed E-state index contributed by atoms with van der Waals surface area (Å²) < 4.78 is 16.9. The third-order valence-electron chi connectivity index (χ3n) is 3.83. The van der Waals surface area contributed by atoms with Crippen molar-refractivity contribution in [2.45, 2.75) is 13.0 Å². The minimum Gasteiger partial charge on any atom is -0.485 e. The molecule has 2 heterocycles. The first-order chi connectivity index (χ1) is 12.2. The van der Waals surface area contributed by atoms with E-state index in [0.717, 1.165) is 5.56 Å². The smallest absolute Gasteiger partial charge is 0.322 e. The normalized spacial score (nSPS) is 15.6. The number of hydrogen-bond acceptors (Lipinski definition) is 6. The molecule has 0 spiro atoms. The third kappa shape index (κ3) is 3.03. The number of hydrogen-bond donors (Lipinski definition) is 1. The first kappa shape index (κ1) is 15.2. The zero-order valence-corrected chi connectivity index (χ0v) is 13.4. The second-order valence-corrected chi connectivity index (χ2v) is 5.58. The van der Waals surface area contributed by atoms with Gasteiger partial charge in [0.25, 0.3) is 11.8 Å². The molecular formula is C18H15N3O4. The van der Waals surface area contributed by atoms with Gasteiger partial charge in [-0.1, -0.05) is 35.4 Å². The van der Waals surface area contributed by atoms with Gasteiger partial charge in [0.05, 0.1) is 0 Å². The Morgan fingerprint density at radius 1 is 1.08 bits per heavy atom. The summed E-state index contributed by atoms with van der Waals surface area (Å²) in [6.45, 7) is 2.11. The van der Waals surface area contributed by atoms with Gasteiger partial charge in [0.1, 0.15) is 6.61 Å². The van der Waals surface area contributed by atoms with Gasteiger partial charge in [0.2, 0.25) is 6.10 Å². The Balaban J connectivity index is 1.48. The van der Waals surface area contributed by atoms with Crippen molar-refractivity contribution in [2.24, 2.45) is 0 Å². The van der Waals surface area contributed by atoms with Crippen molar-refractivity contribution in [2.75, 3.05) is 11.9 Å². The summed E-state index contributed by atoms with van der Waals surface area (Å²) in [4.78, 5) is 12.3. The number of para-hydroxylation sites is 2. The van der Waals surface area contributed by atoms with Gasteiger partial charge in [0.15, 0.2) is 11.5 Å². The number of benzene rings is 2. The number of carbonyl (C=O) groups excluding carboxylic acids is 1. The molecule has 0 saturated carbocycles. The Morgan fingerprint density at radius 2 is 1.84 bits per heavy atom. The number of nitrogens with zero attached hydrogens (tertiary/aromatic N) is 2. The molecule has 0 radical (unpaired) electrons. The molecule has 1 aliphatic rings. The van der Waals surface area contributed by atoms with E-state index in [9.17, 15) is 4.79 Å². The number of fused-ring (bicyclic) bond motifs is 1. The van der Waals surface area contributed by atoms with Crippen LogP contribution in [0.3, 0.4) is 0 Å². The van der Waals surface area contributed by atoms with Crippen molar-refractivity contribution in [1.29, 1.82) is 0 Å². The van der Waals surface area contributed by atoms with Gasteiger partial charge in [-0.2, -0.15) is 0 Å². The molecule has 1 atom stereocenters. The van der Waals surface area contributed by atoms with Crippen LogP contribution in [0.4, 0.5) is 6.01 Å². The number of anilines is 1. The summed E-state index contributed by atoms with van der Waals surface area (Å²) in [6, 6.07) is 14.6. The molecule has 0 bridgehead atoms. The predicted octanol–water partition coefficient (Wildman–Crippen LogP) is 3.14. The fraction of sp³-hybridized carbons (Fsp3) is 0.167. The molecule has 3 aromatic rings. The highest BCUT2D eigenvalue weighted by atomic mass is 16.6. The SMILES string of the molecule is Cc1ccccc1C(=O)Nc1nnc([C@@H]2COc3ccccc3O2)o1.